The van der Waals surface area contributed by atoms with Crippen molar-refractivity contribution in [3.05, 3.63) is 59.9 Å². The van der Waals surface area contributed by atoms with E-state index in [2.05, 4.69) is 15.3 Å². The Bertz CT molecular complexity index is 1180. The largest absolute Gasteiger partial charge is 0.345 e. The van der Waals surface area contributed by atoms with E-state index in [0.29, 0.717) is 25.2 Å². The summed E-state index contributed by atoms with van der Waals surface area (Å²) >= 11 is 0. The monoisotopic (exact) mass is 431 g/mol. The lowest BCUT2D eigenvalue weighted by Crippen LogP contribution is -2.51. The van der Waals surface area contributed by atoms with Crippen LogP contribution in [0.3, 0.4) is 0 Å². The molecular weight excluding hydrogens is 406 g/mol. The van der Waals surface area contributed by atoms with Crippen LogP contribution in [-0.2, 0) is 11.3 Å². The van der Waals surface area contributed by atoms with E-state index >= 15 is 0 Å². The van der Waals surface area contributed by atoms with E-state index in [9.17, 15) is 14.4 Å². The van der Waals surface area contributed by atoms with Crippen molar-refractivity contribution in [1.29, 1.82) is 0 Å². The molecule has 164 valence electrons. The molecule has 32 heavy (non-hydrogen) atoms. The average molecular weight is 431 g/mol. The van der Waals surface area contributed by atoms with Gasteiger partial charge in [-0.25, -0.2) is 9.78 Å². The van der Waals surface area contributed by atoms with Crippen molar-refractivity contribution >= 4 is 34.4 Å². The first-order valence-corrected chi connectivity index (χ1v) is 11.0. The molecule has 5 rings (SSSR count). The van der Waals surface area contributed by atoms with Crippen molar-refractivity contribution in [2.24, 2.45) is 0 Å². The number of urea groups is 1. The third-order valence-electron chi connectivity index (χ3n) is 6.43. The standard InChI is InChI=1S/C24H25N5O3/c30-22(16-5-6-20-21(13-16)26-15-25-20)7-8-23(31)28-11-9-18(10-12-28)29-14-17-3-1-2-4-19(17)27-24(29)32/h1-6,13,15,18H,7-12,14H2,(H,25,26)(H,27,32). The summed E-state index contributed by atoms with van der Waals surface area (Å²) in [6.07, 6.45) is 3.45. The molecule has 1 fully saturated rings. The van der Waals surface area contributed by atoms with E-state index in [0.717, 1.165) is 35.1 Å². The number of likely N-dealkylation sites (tertiary alicyclic amines) is 1. The van der Waals surface area contributed by atoms with Gasteiger partial charge in [-0.15, -0.1) is 0 Å². The Kier molecular flexibility index (Phi) is 5.34. The van der Waals surface area contributed by atoms with Gasteiger partial charge in [0.15, 0.2) is 5.78 Å². The lowest BCUT2D eigenvalue weighted by atomic mass is 10.00. The number of aromatic nitrogens is 2. The summed E-state index contributed by atoms with van der Waals surface area (Å²) in [7, 11) is 0. The molecule has 2 N–H and O–H groups in total. The van der Waals surface area contributed by atoms with Crippen molar-refractivity contribution in [2.45, 2.75) is 38.3 Å². The van der Waals surface area contributed by atoms with Gasteiger partial charge in [-0.3, -0.25) is 9.59 Å². The Labute approximate surface area is 185 Å². The minimum atomic E-state index is -0.0760. The molecule has 0 spiro atoms. The number of rotatable bonds is 5. The summed E-state index contributed by atoms with van der Waals surface area (Å²) in [5.41, 5.74) is 4.18. The van der Waals surface area contributed by atoms with Gasteiger partial charge in [0.05, 0.1) is 17.4 Å². The first-order chi connectivity index (χ1) is 15.6. The van der Waals surface area contributed by atoms with E-state index < -0.39 is 0 Å². The molecule has 1 aromatic heterocycles. The molecule has 0 saturated carbocycles. The number of fused-ring (bicyclic) bond motifs is 2. The van der Waals surface area contributed by atoms with Crippen LogP contribution in [-0.4, -0.2) is 56.6 Å². The fourth-order valence-corrected chi connectivity index (χ4v) is 4.57. The summed E-state index contributed by atoms with van der Waals surface area (Å²) in [6, 6.07) is 13.2. The summed E-state index contributed by atoms with van der Waals surface area (Å²) < 4.78 is 0. The quantitative estimate of drug-likeness (QED) is 0.604. The third-order valence-corrected chi connectivity index (χ3v) is 6.43. The first-order valence-electron chi connectivity index (χ1n) is 11.0. The number of ketones is 1. The van der Waals surface area contributed by atoms with E-state index in [1.54, 1.807) is 18.5 Å². The Hall–Kier alpha value is -3.68. The highest BCUT2D eigenvalue weighted by Gasteiger charge is 2.32. The molecule has 1 saturated heterocycles. The number of imidazole rings is 1. The number of nitrogens with one attached hydrogen (secondary N) is 2. The number of carbonyl (C=O) groups excluding carboxylic acids is 3. The highest BCUT2D eigenvalue weighted by atomic mass is 16.2. The van der Waals surface area contributed by atoms with Gasteiger partial charge in [-0.1, -0.05) is 18.2 Å². The predicted molar refractivity (Wildman–Crippen MR) is 120 cm³/mol. The third kappa shape index (κ3) is 3.95. The summed E-state index contributed by atoms with van der Waals surface area (Å²) in [5.74, 6) is -0.0622. The minimum absolute atomic E-state index is 0.00825. The summed E-state index contributed by atoms with van der Waals surface area (Å²) in [6.45, 7) is 1.79. The Morgan fingerprint density at radius 1 is 1.06 bits per heavy atom. The van der Waals surface area contributed by atoms with Crippen LogP contribution in [0.2, 0.25) is 0 Å². The highest BCUT2D eigenvalue weighted by Crippen LogP contribution is 2.27. The summed E-state index contributed by atoms with van der Waals surface area (Å²) in [5, 5.41) is 2.96. The molecule has 2 aromatic carbocycles. The second kappa shape index (κ2) is 8.45. The van der Waals surface area contributed by atoms with Crippen molar-refractivity contribution in [3.8, 4) is 0 Å². The van der Waals surface area contributed by atoms with E-state index in [1.807, 2.05) is 40.1 Å². The molecule has 0 atom stereocenters. The molecule has 8 heteroatoms. The van der Waals surface area contributed by atoms with Crippen molar-refractivity contribution < 1.29 is 14.4 Å². The predicted octanol–water partition coefficient (Wildman–Crippen LogP) is 3.56. The molecule has 0 aliphatic carbocycles. The molecule has 0 unspecified atom stereocenters. The van der Waals surface area contributed by atoms with Gasteiger partial charge in [-0.2, -0.15) is 0 Å². The molecule has 0 bridgehead atoms. The number of hydrogen-bond acceptors (Lipinski definition) is 4. The fraction of sp³-hybridized carbons (Fsp3) is 0.333. The lowest BCUT2D eigenvalue weighted by molar-refractivity contribution is -0.132. The Morgan fingerprint density at radius 2 is 1.88 bits per heavy atom. The number of amides is 3. The number of Topliss-reactive ketones (excluding diaryl/α,β-unsaturated/α-hetero) is 1. The molecule has 3 amide bonds. The first kappa shape index (κ1) is 20.2. The van der Waals surface area contributed by atoms with Crippen LogP contribution in [0.15, 0.2) is 48.8 Å². The van der Waals surface area contributed by atoms with E-state index in [-0.39, 0.29) is 36.6 Å². The number of H-pyrrole nitrogens is 1. The zero-order valence-electron chi connectivity index (χ0n) is 17.7. The molecular formula is C24H25N5O3. The Morgan fingerprint density at radius 3 is 2.72 bits per heavy atom. The van der Waals surface area contributed by atoms with Gasteiger partial charge in [0.25, 0.3) is 0 Å². The number of para-hydroxylation sites is 1. The maximum Gasteiger partial charge on any atom is 0.322 e. The SMILES string of the molecule is O=C(CCC(=O)N1CCC(N2Cc3ccccc3NC2=O)CC1)c1ccc2[nH]cnc2c1. The number of carbonyl (C=O) groups is 3. The maximum atomic E-state index is 12.7. The number of benzene rings is 2. The number of anilines is 1. The normalized spacial score (nSPS) is 16.7. The number of piperidine rings is 1. The molecule has 2 aliphatic rings. The second-order valence-corrected chi connectivity index (χ2v) is 8.38. The smallest absolute Gasteiger partial charge is 0.322 e. The van der Waals surface area contributed by atoms with Crippen molar-refractivity contribution in [2.75, 3.05) is 18.4 Å². The topological polar surface area (TPSA) is 98.4 Å². The molecule has 0 radical (unpaired) electrons. The Balaban J connectivity index is 1.13. The number of hydrogen-bond donors (Lipinski definition) is 2. The van der Waals surface area contributed by atoms with Gasteiger partial charge in [-0.05, 0) is 42.7 Å². The number of aromatic amines is 1. The van der Waals surface area contributed by atoms with Gasteiger partial charge in [0.2, 0.25) is 5.91 Å². The van der Waals surface area contributed by atoms with Gasteiger partial charge >= 0.3 is 6.03 Å². The van der Waals surface area contributed by atoms with E-state index in [1.165, 1.54) is 0 Å². The second-order valence-electron chi connectivity index (χ2n) is 8.38. The minimum Gasteiger partial charge on any atom is -0.345 e. The fourth-order valence-electron chi connectivity index (χ4n) is 4.57. The average Bonchev–Trinajstić information content (AvgIpc) is 3.30. The molecule has 3 heterocycles. The highest BCUT2D eigenvalue weighted by molar-refractivity contribution is 6.00. The van der Waals surface area contributed by atoms with Crippen molar-refractivity contribution in [1.82, 2.24) is 19.8 Å². The molecule has 3 aromatic rings. The van der Waals surface area contributed by atoms with Gasteiger partial charge < -0.3 is 20.1 Å². The van der Waals surface area contributed by atoms with Crippen LogP contribution < -0.4 is 5.32 Å². The maximum absolute atomic E-state index is 12.7. The zero-order chi connectivity index (χ0) is 22.1. The van der Waals surface area contributed by atoms with Crippen LogP contribution in [0, 0.1) is 0 Å². The molecule has 2 aliphatic heterocycles. The summed E-state index contributed by atoms with van der Waals surface area (Å²) in [4.78, 5) is 48.6. The van der Waals surface area contributed by atoms with Gasteiger partial charge in [0.1, 0.15) is 0 Å². The van der Waals surface area contributed by atoms with Crippen LogP contribution in [0.5, 0.6) is 0 Å². The number of nitrogens with zero attached hydrogens (tertiary/aromatic N) is 3. The molecule has 8 nitrogen and oxygen atoms in total. The zero-order valence-corrected chi connectivity index (χ0v) is 17.7. The van der Waals surface area contributed by atoms with Gasteiger partial charge in [0, 0.05) is 49.8 Å². The van der Waals surface area contributed by atoms with E-state index in [4.69, 9.17) is 0 Å². The van der Waals surface area contributed by atoms with Crippen LogP contribution in [0.1, 0.15) is 41.6 Å². The van der Waals surface area contributed by atoms with Crippen LogP contribution in [0.25, 0.3) is 11.0 Å². The van der Waals surface area contributed by atoms with Crippen LogP contribution >= 0.6 is 0 Å². The van der Waals surface area contributed by atoms with Crippen LogP contribution in [0.4, 0.5) is 10.5 Å². The van der Waals surface area contributed by atoms with Crippen molar-refractivity contribution in [3.63, 3.8) is 0 Å². The lowest BCUT2D eigenvalue weighted by Gasteiger charge is -2.40.